The lowest BCUT2D eigenvalue weighted by Crippen LogP contribution is -2.12. The predicted molar refractivity (Wildman–Crippen MR) is 51.4 cm³/mol. The normalized spacial score (nSPS) is 24.9. The molecule has 0 aliphatic carbocycles. The molecule has 1 fully saturated rings. The van der Waals surface area contributed by atoms with Crippen LogP contribution in [0.15, 0.2) is 6.20 Å². The molecular weight excluding hydrogens is 186 g/mol. The highest BCUT2D eigenvalue weighted by atomic mass is 32.2. The summed E-state index contributed by atoms with van der Waals surface area (Å²) in [5.74, 6) is 1.15. The number of thioether (sulfide) groups is 1. The van der Waals surface area contributed by atoms with E-state index in [1.807, 2.05) is 18.8 Å². The van der Waals surface area contributed by atoms with Crippen molar-refractivity contribution in [1.29, 1.82) is 0 Å². The number of aliphatic hydroxyl groups excluding tert-OH is 1. The molecule has 13 heavy (non-hydrogen) atoms. The Morgan fingerprint density at radius 3 is 3.15 bits per heavy atom. The Balaban J connectivity index is 2.07. The van der Waals surface area contributed by atoms with Gasteiger partial charge in [-0.3, -0.25) is 4.68 Å². The van der Waals surface area contributed by atoms with Crippen LogP contribution in [0.4, 0.5) is 0 Å². The third-order valence-corrected chi connectivity index (χ3v) is 3.69. The van der Waals surface area contributed by atoms with Gasteiger partial charge in [-0.25, -0.2) is 0 Å². The van der Waals surface area contributed by atoms with Gasteiger partial charge in [-0.1, -0.05) is 5.21 Å². The number of aliphatic hydroxyl groups is 1. The lowest BCUT2D eigenvalue weighted by molar-refractivity contribution is 0.168. The minimum atomic E-state index is -0.443. The van der Waals surface area contributed by atoms with Crippen molar-refractivity contribution in [2.24, 2.45) is 7.05 Å². The number of rotatable bonds is 2. The molecule has 1 aliphatic heterocycles. The Kier molecular flexibility index (Phi) is 2.55. The molecule has 0 saturated carbocycles. The molecule has 1 aliphatic rings. The van der Waals surface area contributed by atoms with Crippen LogP contribution in [0.2, 0.25) is 0 Å². The predicted octanol–water partition coefficient (Wildman–Crippen LogP) is 0.744. The van der Waals surface area contributed by atoms with Gasteiger partial charge in [-0.2, -0.15) is 11.8 Å². The Bertz CT molecular complexity index is 283. The molecule has 1 N–H and O–H groups in total. The molecular formula is C8H13N3OS. The van der Waals surface area contributed by atoms with E-state index in [0.29, 0.717) is 10.9 Å². The number of hydrogen-bond donors (Lipinski definition) is 1. The van der Waals surface area contributed by atoms with Crippen LogP contribution in [0.1, 0.15) is 24.6 Å². The Morgan fingerprint density at radius 1 is 1.77 bits per heavy atom. The van der Waals surface area contributed by atoms with E-state index in [-0.39, 0.29) is 0 Å². The third-order valence-electron chi connectivity index (χ3n) is 2.24. The summed E-state index contributed by atoms with van der Waals surface area (Å²) in [5, 5.41) is 17.9. The van der Waals surface area contributed by atoms with E-state index in [0.717, 1.165) is 12.2 Å². The van der Waals surface area contributed by atoms with Crippen molar-refractivity contribution in [3.05, 3.63) is 11.9 Å². The summed E-state index contributed by atoms with van der Waals surface area (Å²) < 4.78 is 1.62. The van der Waals surface area contributed by atoms with Gasteiger partial charge in [0, 0.05) is 12.3 Å². The van der Waals surface area contributed by atoms with Crippen LogP contribution >= 0.6 is 11.8 Å². The highest BCUT2D eigenvalue weighted by Gasteiger charge is 2.26. The van der Waals surface area contributed by atoms with Crippen molar-refractivity contribution in [3.8, 4) is 0 Å². The Labute approximate surface area is 81.3 Å². The lowest BCUT2D eigenvalue weighted by atomic mass is 10.1. The zero-order chi connectivity index (χ0) is 9.26. The smallest absolute Gasteiger partial charge is 0.112 e. The standard InChI is InChI=1S/C8H13N3OS/c1-11-5-6(9-10-11)8(12)7-3-2-4-13-7/h5,7-8,12H,2-4H2,1H3. The van der Waals surface area contributed by atoms with Crippen LogP contribution in [0.3, 0.4) is 0 Å². The minimum Gasteiger partial charge on any atom is -0.386 e. The van der Waals surface area contributed by atoms with Gasteiger partial charge in [0.05, 0.1) is 6.20 Å². The maximum Gasteiger partial charge on any atom is 0.112 e. The molecule has 2 rings (SSSR count). The van der Waals surface area contributed by atoms with Gasteiger partial charge in [0.2, 0.25) is 0 Å². The lowest BCUT2D eigenvalue weighted by Gasteiger charge is -2.13. The molecule has 2 unspecified atom stereocenters. The quantitative estimate of drug-likeness (QED) is 0.763. The minimum absolute atomic E-state index is 0.316. The van der Waals surface area contributed by atoms with Crippen molar-refractivity contribution in [1.82, 2.24) is 15.0 Å². The monoisotopic (exact) mass is 199 g/mol. The van der Waals surface area contributed by atoms with E-state index in [1.165, 1.54) is 6.42 Å². The van der Waals surface area contributed by atoms with Crippen molar-refractivity contribution in [2.75, 3.05) is 5.75 Å². The third kappa shape index (κ3) is 1.86. The first-order chi connectivity index (χ1) is 6.27. The molecule has 2 atom stereocenters. The second kappa shape index (κ2) is 3.67. The van der Waals surface area contributed by atoms with Crippen LogP contribution in [0, 0.1) is 0 Å². The summed E-state index contributed by atoms with van der Waals surface area (Å²) in [4.78, 5) is 0. The van der Waals surface area contributed by atoms with E-state index in [2.05, 4.69) is 10.3 Å². The summed E-state index contributed by atoms with van der Waals surface area (Å²) in [6, 6.07) is 0. The van der Waals surface area contributed by atoms with E-state index >= 15 is 0 Å². The molecule has 72 valence electrons. The molecule has 1 saturated heterocycles. The molecule has 0 aromatic carbocycles. The zero-order valence-electron chi connectivity index (χ0n) is 7.55. The second-order valence-corrected chi connectivity index (χ2v) is 4.66. The zero-order valence-corrected chi connectivity index (χ0v) is 8.37. The number of aromatic nitrogens is 3. The summed E-state index contributed by atoms with van der Waals surface area (Å²) in [6.07, 6.45) is 3.62. The summed E-state index contributed by atoms with van der Waals surface area (Å²) in [7, 11) is 1.81. The van der Waals surface area contributed by atoms with E-state index in [1.54, 1.807) is 10.9 Å². The Morgan fingerprint density at radius 2 is 2.62 bits per heavy atom. The first-order valence-electron chi connectivity index (χ1n) is 4.43. The van der Waals surface area contributed by atoms with Gasteiger partial charge in [0.25, 0.3) is 0 Å². The van der Waals surface area contributed by atoms with Crippen LogP contribution in [-0.2, 0) is 7.05 Å². The molecule has 0 radical (unpaired) electrons. The van der Waals surface area contributed by atoms with Gasteiger partial charge in [0.15, 0.2) is 0 Å². The number of aryl methyl sites for hydroxylation is 1. The SMILES string of the molecule is Cn1cc(C(O)C2CCCS2)nn1. The van der Waals surface area contributed by atoms with Gasteiger partial charge in [-0.15, -0.1) is 5.10 Å². The van der Waals surface area contributed by atoms with Crippen LogP contribution < -0.4 is 0 Å². The van der Waals surface area contributed by atoms with Gasteiger partial charge in [0.1, 0.15) is 11.8 Å². The number of hydrogen-bond acceptors (Lipinski definition) is 4. The van der Waals surface area contributed by atoms with E-state index in [4.69, 9.17) is 0 Å². The average Bonchev–Trinajstić information content (AvgIpc) is 2.72. The molecule has 0 bridgehead atoms. The molecule has 1 aromatic rings. The van der Waals surface area contributed by atoms with Gasteiger partial charge >= 0.3 is 0 Å². The maximum absolute atomic E-state index is 9.90. The summed E-state index contributed by atoms with van der Waals surface area (Å²) >= 11 is 1.83. The molecule has 0 amide bonds. The van der Waals surface area contributed by atoms with Crippen LogP contribution in [0.25, 0.3) is 0 Å². The van der Waals surface area contributed by atoms with Crippen molar-refractivity contribution < 1.29 is 5.11 Å². The van der Waals surface area contributed by atoms with E-state index in [9.17, 15) is 5.11 Å². The van der Waals surface area contributed by atoms with Crippen LogP contribution in [-0.4, -0.2) is 31.1 Å². The van der Waals surface area contributed by atoms with Gasteiger partial charge < -0.3 is 5.11 Å². The molecule has 5 heteroatoms. The summed E-state index contributed by atoms with van der Waals surface area (Å²) in [5.41, 5.74) is 0.696. The van der Waals surface area contributed by atoms with Crippen molar-refractivity contribution in [2.45, 2.75) is 24.2 Å². The molecule has 1 aromatic heterocycles. The molecule has 2 heterocycles. The highest BCUT2D eigenvalue weighted by Crippen LogP contribution is 2.34. The fourth-order valence-corrected chi connectivity index (χ4v) is 2.83. The Hall–Kier alpha value is -0.550. The fourth-order valence-electron chi connectivity index (χ4n) is 1.54. The first kappa shape index (κ1) is 9.02. The highest BCUT2D eigenvalue weighted by molar-refractivity contribution is 8.00. The topological polar surface area (TPSA) is 50.9 Å². The summed E-state index contributed by atoms with van der Waals surface area (Å²) in [6.45, 7) is 0. The van der Waals surface area contributed by atoms with Crippen molar-refractivity contribution in [3.63, 3.8) is 0 Å². The second-order valence-electron chi connectivity index (χ2n) is 3.31. The van der Waals surface area contributed by atoms with E-state index < -0.39 is 6.10 Å². The maximum atomic E-state index is 9.90. The largest absolute Gasteiger partial charge is 0.386 e. The molecule has 4 nitrogen and oxygen atoms in total. The molecule has 0 spiro atoms. The first-order valence-corrected chi connectivity index (χ1v) is 5.48. The van der Waals surface area contributed by atoms with Gasteiger partial charge in [-0.05, 0) is 18.6 Å². The van der Waals surface area contributed by atoms with Crippen molar-refractivity contribution >= 4 is 11.8 Å². The van der Waals surface area contributed by atoms with Crippen LogP contribution in [0.5, 0.6) is 0 Å². The average molecular weight is 199 g/mol. The fraction of sp³-hybridized carbons (Fsp3) is 0.750. The number of nitrogens with zero attached hydrogens (tertiary/aromatic N) is 3.